The Morgan fingerprint density at radius 1 is 1.47 bits per heavy atom. The van der Waals surface area contributed by atoms with Crippen LogP contribution in [0.1, 0.15) is 12.8 Å². The van der Waals surface area contributed by atoms with E-state index in [9.17, 15) is 8.42 Å². The number of nitrogen functional groups attached to an aromatic ring is 1. The summed E-state index contributed by atoms with van der Waals surface area (Å²) in [5, 5.41) is 0. The van der Waals surface area contributed by atoms with Gasteiger partial charge in [0.25, 0.3) is 0 Å². The smallest absolute Gasteiger partial charge is 0.244 e. The van der Waals surface area contributed by atoms with E-state index in [1.54, 1.807) is 7.05 Å². The van der Waals surface area contributed by atoms with Gasteiger partial charge in [-0.2, -0.15) is 4.31 Å². The van der Waals surface area contributed by atoms with Gasteiger partial charge in [0, 0.05) is 19.3 Å². The van der Waals surface area contributed by atoms with Crippen molar-refractivity contribution in [2.75, 3.05) is 12.8 Å². The maximum atomic E-state index is 12.0. The quantitative estimate of drug-likeness (QED) is 0.813. The van der Waals surface area contributed by atoms with Crippen molar-refractivity contribution in [2.45, 2.75) is 23.8 Å². The Labute approximate surface area is 89.0 Å². The molecule has 0 bridgehead atoms. The molecule has 1 aromatic heterocycles. The molecule has 5 nitrogen and oxygen atoms in total. The van der Waals surface area contributed by atoms with Crippen LogP contribution in [0.5, 0.6) is 0 Å². The van der Waals surface area contributed by atoms with E-state index in [4.69, 9.17) is 5.73 Å². The van der Waals surface area contributed by atoms with Gasteiger partial charge < -0.3 is 5.73 Å². The van der Waals surface area contributed by atoms with Crippen LogP contribution in [-0.4, -0.2) is 30.8 Å². The van der Waals surface area contributed by atoms with Gasteiger partial charge in [-0.1, -0.05) is 0 Å². The molecule has 1 aromatic rings. The molecule has 0 atom stereocenters. The van der Waals surface area contributed by atoms with E-state index in [2.05, 4.69) is 4.98 Å². The van der Waals surface area contributed by atoms with E-state index in [-0.39, 0.29) is 10.9 Å². The second kappa shape index (κ2) is 3.46. The highest BCUT2D eigenvalue weighted by Crippen LogP contribution is 2.30. The van der Waals surface area contributed by atoms with Crippen LogP contribution >= 0.6 is 0 Å². The van der Waals surface area contributed by atoms with Crippen molar-refractivity contribution in [1.82, 2.24) is 9.29 Å². The van der Waals surface area contributed by atoms with Crippen LogP contribution in [0, 0.1) is 0 Å². The largest absolute Gasteiger partial charge is 0.384 e. The van der Waals surface area contributed by atoms with Crippen molar-refractivity contribution < 1.29 is 8.42 Å². The van der Waals surface area contributed by atoms with Crippen LogP contribution in [0.25, 0.3) is 0 Å². The number of nitrogens with zero attached hydrogens (tertiary/aromatic N) is 2. The van der Waals surface area contributed by atoms with E-state index in [0.29, 0.717) is 5.82 Å². The van der Waals surface area contributed by atoms with Gasteiger partial charge in [-0.25, -0.2) is 13.4 Å². The molecule has 0 aromatic carbocycles. The van der Waals surface area contributed by atoms with Gasteiger partial charge in [0.2, 0.25) is 10.0 Å². The Balaban J connectivity index is 2.32. The Hall–Kier alpha value is -1.14. The first kappa shape index (κ1) is 10.4. The molecule has 2 rings (SSSR count). The molecule has 0 amide bonds. The summed E-state index contributed by atoms with van der Waals surface area (Å²) in [7, 11) is -1.78. The molecule has 1 aliphatic carbocycles. The lowest BCUT2D eigenvalue weighted by Gasteiger charge is -2.15. The topological polar surface area (TPSA) is 76.3 Å². The number of rotatable bonds is 3. The second-order valence-electron chi connectivity index (χ2n) is 3.67. The molecular formula is C9H13N3O2S. The zero-order valence-corrected chi connectivity index (χ0v) is 9.24. The lowest BCUT2D eigenvalue weighted by Crippen LogP contribution is -2.29. The fourth-order valence-electron chi connectivity index (χ4n) is 1.34. The number of sulfonamides is 1. The number of nitrogens with two attached hydrogens (primary N) is 1. The summed E-state index contributed by atoms with van der Waals surface area (Å²) in [6, 6.07) is 3.14. The Morgan fingerprint density at radius 3 is 2.60 bits per heavy atom. The first-order valence-corrected chi connectivity index (χ1v) is 6.15. The number of aromatic nitrogens is 1. The summed E-state index contributed by atoms with van der Waals surface area (Å²) < 4.78 is 25.3. The molecule has 0 saturated heterocycles. The summed E-state index contributed by atoms with van der Waals surface area (Å²) in [6.07, 6.45) is 3.18. The molecule has 1 saturated carbocycles. The van der Waals surface area contributed by atoms with Crippen molar-refractivity contribution in [1.29, 1.82) is 0 Å². The van der Waals surface area contributed by atoms with Crippen molar-refractivity contribution in [3.8, 4) is 0 Å². The lowest BCUT2D eigenvalue weighted by molar-refractivity contribution is 0.464. The van der Waals surface area contributed by atoms with Crippen LogP contribution in [-0.2, 0) is 10.0 Å². The van der Waals surface area contributed by atoms with Gasteiger partial charge in [0.1, 0.15) is 10.7 Å². The third kappa shape index (κ3) is 1.95. The average molecular weight is 227 g/mol. The summed E-state index contributed by atoms with van der Waals surface area (Å²) in [5.41, 5.74) is 5.40. The van der Waals surface area contributed by atoms with Gasteiger partial charge in [-0.15, -0.1) is 0 Å². The van der Waals surface area contributed by atoms with Crippen molar-refractivity contribution in [2.24, 2.45) is 0 Å². The Bertz CT molecular complexity index is 451. The van der Waals surface area contributed by atoms with Crippen LogP contribution in [0.2, 0.25) is 0 Å². The molecule has 1 heterocycles. The van der Waals surface area contributed by atoms with Gasteiger partial charge >= 0.3 is 0 Å². The van der Waals surface area contributed by atoms with E-state index in [0.717, 1.165) is 12.8 Å². The van der Waals surface area contributed by atoms with E-state index >= 15 is 0 Å². The average Bonchev–Trinajstić information content (AvgIpc) is 3.00. The fourth-order valence-corrected chi connectivity index (χ4v) is 2.71. The van der Waals surface area contributed by atoms with Gasteiger partial charge in [0.15, 0.2) is 0 Å². The third-order valence-electron chi connectivity index (χ3n) is 2.50. The Morgan fingerprint density at radius 2 is 2.13 bits per heavy atom. The number of pyridine rings is 1. The third-order valence-corrected chi connectivity index (χ3v) is 4.39. The lowest BCUT2D eigenvalue weighted by atomic mass is 10.5. The molecule has 0 spiro atoms. The highest BCUT2D eigenvalue weighted by Gasteiger charge is 2.35. The molecular weight excluding hydrogens is 214 g/mol. The van der Waals surface area contributed by atoms with Crippen LogP contribution in [0.4, 0.5) is 5.82 Å². The highest BCUT2D eigenvalue weighted by atomic mass is 32.2. The van der Waals surface area contributed by atoms with Gasteiger partial charge in [0.05, 0.1) is 0 Å². The fraction of sp³-hybridized carbons (Fsp3) is 0.444. The molecule has 0 aliphatic heterocycles. The van der Waals surface area contributed by atoms with Crippen LogP contribution < -0.4 is 5.73 Å². The number of hydrogen-bond donors (Lipinski definition) is 1. The zero-order valence-electron chi connectivity index (χ0n) is 8.42. The molecule has 1 fully saturated rings. The summed E-state index contributed by atoms with van der Waals surface area (Å²) in [5.74, 6) is 0.322. The minimum Gasteiger partial charge on any atom is -0.384 e. The minimum absolute atomic E-state index is 0.160. The number of anilines is 1. The summed E-state index contributed by atoms with van der Waals surface area (Å²) in [4.78, 5) is 3.98. The normalized spacial score (nSPS) is 16.9. The second-order valence-corrected chi connectivity index (χ2v) is 5.67. The maximum Gasteiger partial charge on any atom is 0.244 e. The van der Waals surface area contributed by atoms with E-state index in [1.165, 1.54) is 22.6 Å². The summed E-state index contributed by atoms with van der Waals surface area (Å²) >= 11 is 0. The van der Waals surface area contributed by atoms with Crippen molar-refractivity contribution >= 4 is 15.8 Å². The van der Waals surface area contributed by atoms with Crippen LogP contribution in [0.15, 0.2) is 23.2 Å². The number of hydrogen-bond acceptors (Lipinski definition) is 4. The van der Waals surface area contributed by atoms with Crippen LogP contribution in [0.3, 0.4) is 0 Å². The molecule has 82 valence electrons. The first-order chi connectivity index (χ1) is 7.01. The minimum atomic E-state index is -3.38. The monoisotopic (exact) mass is 227 g/mol. The Kier molecular flexibility index (Phi) is 2.40. The summed E-state index contributed by atoms with van der Waals surface area (Å²) in [6.45, 7) is 0. The van der Waals surface area contributed by atoms with Crippen molar-refractivity contribution in [3.05, 3.63) is 18.3 Å². The van der Waals surface area contributed by atoms with Crippen molar-refractivity contribution in [3.63, 3.8) is 0 Å². The molecule has 1 aliphatic rings. The first-order valence-electron chi connectivity index (χ1n) is 4.71. The van der Waals surface area contributed by atoms with E-state index in [1.807, 2.05) is 0 Å². The molecule has 2 N–H and O–H groups in total. The molecule has 6 heteroatoms. The van der Waals surface area contributed by atoms with Gasteiger partial charge in [-0.05, 0) is 25.0 Å². The SMILES string of the molecule is CN(C1CC1)S(=O)(=O)c1ccc(N)nc1. The molecule has 0 radical (unpaired) electrons. The predicted molar refractivity (Wildman–Crippen MR) is 56.6 cm³/mol. The van der Waals surface area contributed by atoms with Gasteiger partial charge in [-0.3, -0.25) is 0 Å². The molecule has 15 heavy (non-hydrogen) atoms. The zero-order chi connectivity index (χ0) is 11.1. The van der Waals surface area contributed by atoms with E-state index < -0.39 is 10.0 Å². The predicted octanol–water partition coefficient (Wildman–Crippen LogP) is 0.447. The maximum absolute atomic E-state index is 12.0. The molecule has 0 unspecified atom stereocenters. The highest BCUT2D eigenvalue weighted by molar-refractivity contribution is 7.89. The standard InChI is InChI=1S/C9H13N3O2S/c1-12(7-2-3-7)15(13,14)8-4-5-9(10)11-6-8/h4-7H,2-3H2,1H3,(H2,10,11).